The van der Waals surface area contributed by atoms with Crippen LogP contribution in [-0.2, 0) is 23.9 Å². The number of carbonyl (C=O) groups is 3. The Balaban J connectivity index is 2.26. The van der Waals surface area contributed by atoms with Crippen molar-refractivity contribution in [3.63, 3.8) is 0 Å². The maximum absolute atomic E-state index is 11.8. The molecule has 1 fully saturated rings. The topological polar surface area (TPSA) is 110 Å². The van der Waals surface area contributed by atoms with Crippen LogP contribution >= 0.6 is 0 Å². The maximum atomic E-state index is 11.8. The Morgan fingerprint density at radius 1 is 1.18 bits per heavy atom. The lowest BCUT2D eigenvalue weighted by Crippen LogP contribution is -2.37. The van der Waals surface area contributed by atoms with E-state index in [1.807, 2.05) is 6.92 Å². The van der Waals surface area contributed by atoms with Gasteiger partial charge >= 0.3 is 11.9 Å². The lowest BCUT2D eigenvalue weighted by molar-refractivity contribution is -0.154. The first-order valence-corrected chi connectivity index (χ1v) is 10.1. The molecule has 0 saturated carbocycles. The van der Waals surface area contributed by atoms with Crippen LogP contribution in [0.4, 0.5) is 0 Å². The second-order valence-corrected chi connectivity index (χ2v) is 8.17. The number of ketones is 1. The van der Waals surface area contributed by atoms with Gasteiger partial charge in [0.2, 0.25) is 11.9 Å². The number of aliphatic hydroxyl groups excluding tert-OH is 2. The maximum Gasteiger partial charge on any atom is 0.343 e. The van der Waals surface area contributed by atoms with Gasteiger partial charge in [0.05, 0.1) is 0 Å². The molecule has 0 spiro atoms. The van der Waals surface area contributed by atoms with Crippen LogP contribution in [0.2, 0.25) is 0 Å². The Morgan fingerprint density at radius 3 is 2.39 bits per heavy atom. The highest BCUT2D eigenvalue weighted by atomic mass is 16.6. The van der Waals surface area contributed by atoms with Crippen LogP contribution in [0.25, 0.3) is 0 Å². The number of rotatable bonds is 12. The first kappa shape index (κ1) is 24.3. The first-order valence-electron chi connectivity index (χ1n) is 10.1. The average molecular weight is 398 g/mol. The van der Waals surface area contributed by atoms with Gasteiger partial charge in [0.25, 0.3) is 0 Å². The molecule has 0 bridgehead atoms. The molecule has 0 amide bonds. The Bertz CT molecular complexity index is 567. The molecular weight excluding hydrogens is 364 g/mol. The molecule has 1 aliphatic rings. The summed E-state index contributed by atoms with van der Waals surface area (Å²) in [7, 11) is 0. The van der Waals surface area contributed by atoms with Gasteiger partial charge in [-0.25, -0.2) is 9.59 Å². The van der Waals surface area contributed by atoms with Gasteiger partial charge in [0.15, 0.2) is 6.10 Å². The fraction of sp³-hybridized carbons (Fsp3) is 0.762. The van der Waals surface area contributed by atoms with Gasteiger partial charge in [-0.1, -0.05) is 52.0 Å². The predicted molar refractivity (Wildman–Crippen MR) is 103 cm³/mol. The Hall–Kier alpha value is -1.73. The van der Waals surface area contributed by atoms with Gasteiger partial charge < -0.3 is 19.7 Å². The van der Waals surface area contributed by atoms with Crippen LogP contribution < -0.4 is 0 Å². The zero-order valence-corrected chi connectivity index (χ0v) is 17.3. The number of hydrogen-bond donors (Lipinski definition) is 2. The van der Waals surface area contributed by atoms with Gasteiger partial charge in [-0.15, -0.1) is 0 Å². The number of esters is 2. The number of allylic oxidation sites excluding steroid dienone is 1. The molecule has 2 N–H and O–H groups in total. The highest BCUT2D eigenvalue weighted by Gasteiger charge is 2.46. The number of aliphatic hydroxyl groups is 2. The van der Waals surface area contributed by atoms with Crippen molar-refractivity contribution in [3.05, 3.63) is 11.6 Å². The summed E-state index contributed by atoms with van der Waals surface area (Å²) in [4.78, 5) is 34.5. The van der Waals surface area contributed by atoms with E-state index in [-0.39, 0.29) is 0 Å². The smallest absolute Gasteiger partial charge is 0.343 e. The first-order chi connectivity index (χ1) is 13.1. The Kier molecular flexibility index (Phi) is 10.4. The van der Waals surface area contributed by atoms with E-state index in [9.17, 15) is 24.6 Å². The Morgan fingerprint density at radius 2 is 1.82 bits per heavy atom. The zero-order valence-electron chi connectivity index (χ0n) is 17.3. The van der Waals surface area contributed by atoms with Crippen LogP contribution in [0.5, 0.6) is 0 Å². The molecule has 0 aromatic rings. The van der Waals surface area contributed by atoms with E-state index >= 15 is 0 Å². The van der Waals surface area contributed by atoms with Crippen molar-refractivity contribution in [1.82, 2.24) is 0 Å². The van der Waals surface area contributed by atoms with E-state index in [4.69, 9.17) is 4.74 Å². The average Bonchev–Trinajstić information content (AvgIpc) is 2.86. The highest BCUT2D eigenvalue weighted by molar-refractivity contribution is 6.09. The summed E-state index contributed by atoms with van der Waals surface area (Å²) in [5.74, 6) is -1.25. The molecule has 7 heteroatoms. The summed E-state index contributed by atoms with van der Waals surface area (Å²) in [6.07, 6.45) is 3.09. The van der Waals surface area contributed by atoms with Gasteiger partial charge in [-0.2, -0.15) is 0 Å². The number of ether oxygens (including phenoxy) is 2. The molecule has 28 heavy (non-hydrogen) atoms. The van der Waals surface area contributed by atoms with Crippen molar-refractivity contribution < 1.29 is 34.1 Å². The number of hydrogen-bond acceptors (Lipinski definition) is 7. The van der Waals surface area contributed by atoms with Gasteiger partial charge in [0, 0.05) is 6.08 Å². The SMILES string of the molecule is CC(=CC(=O)OCC(O)C1OC(=O)C(O)C1=O)CCCC(C)CCCC(C)C. The molecule has 1 aliphatic heterocycles. The van der Waals surface area contributed by atoms with Crippen LogP contribution in [0.1, 0.15) is 66.2 Å². The van der Waals surface area contributed by atoms with Crippen LogP contribution in [-0.4, -0.2) is 52.9 Å². The van der Waals surface area contributed by atoms with Crippen molar-refractivity contribution in [3.8, 4) is 0 Å². The number of carbonyl (C=O) groups excluding carboxylic acids is 3. The van der Waals surface area contributed by atoms with E-state index in [0.717, 1.165) is 30.8 Å². The highest BCUT2D eigenvalue weighted by Crippen LogP contribution is 2.19. The standard InChI is InChI=1S/C21H34O7/c1-13(2)7-5-8-14(3)9-6-10-15(4)11-17(23)27-12-16(22)20-18(24)19(25)21(26)28-20/h11,13-14,16,19-20,22,25H,5-10,12H2,1-4H3. The Labute approximate surface area is 167 Å². The minimum Gasteiger partial charge on any atom is -0.460 e. The van der Waals surface area contributed by atoms with Crippen molar-refractivity contribution in [2.75, 3.05) is 6.61 Å². The van der Waals surface area contributed by atoms with Crippen LogP contribution in [0, 0.1) is 11.8 Å². The summed E-state index contributed by atoms with van der Waals surface area (Å²) in [5.41, 5.74) is 0.882. The molecule has 7 nitrogen and oxygen atoms in total. The molecule has 0 aromatic heterocycles. The van der Waals surface area contributed by atoms with E-state index < -0.39 is 42.6 Å². The minimum atomic E-state index is -1.88. The van der Waals surface area contributed by atoms with E-state index in [0.29, 0.717) is 5.92 Å². The minimum absolute atomic E-state index is 0.494. The third kappa shape index (κ3) is 8.52. The van der Waals surface area contributed by atoms with E-state index in [2.05, 4.69) is 25.5 Å². The summed E-state index contributed by atoms with van der Waals surface area (Å²) in [6, 6.07) is 0. The van der Waals surface area contributed by atoms with Gasteiger partial charge in [-0.05, 0) is 31.6 Å². The molecule has 0 aliphatic carbocycles. The predicted octanol–water partition coefficient (Wildman–Crippen LogP) is 2.32. The second-order valence-electron chi connectivity index (χ2n) is 8.17. The van der Waals surface area contributed by atoms with Gasteiger partial charge in [-0.3, -0.25) is 4.79 Å². The molecule has 1 heterocycles. The third-order valence-corrected chi connectivity index (χ3v) is 4.87. The normalized spacial score (nSPS) is 22.3. The monoisotopic (exact) mass is 398 g/mol. The number of cyclic esters (lactones) is 1. The molecule has 1 saturated heterocycles. The third-order valence-electron chi connectivity index (χ3n) is 4.87. The molecule has 0 aromatic carbocycles. The van der Waals surface area contributed by atoms with Gasteiger partial charge in [0.1, 0.15) is 12.7 Å². The fourth-order valence-corrected chi connectivity index (χ4v) is 3.11. The van der Waals surface area contributed by atoms with Crippen molar-refractivity contribution in [1.29, 1.82) is 0 Å². The van der Waals surface area contributed by atoms with E-state index in [1.165, 1.54) is 25.3 Å². The van der Waals surface area contributed by atoms with Crippen molar-refractivity contribution >= 4 is 17.7 Å². The quantitative estimate of drug-likeness (QED) is 0.295. The number of Topliss-reactive ketones (excluding diaryl/α,β-unsaturated/α-hetero) is 1. The molecule has 1 rings (SSSR count). The molecule has 4 unspecified atom stereocenters. The van der Waals surface area contributed by atoms with Crippen molar-refractivity contribution in [2.24, 2.45) is 11.8 Å². The van der Waals surface area contributed by atoms with E-state index in [1.54, 1.807) is 0 Å². The summed E-state index contributed by atoms with van der Waals surface area (Å²) >= 11 is 0. The molecule has 160 valence electrons. The summed E-state index contributed by atoms with van der Waals surface area (Å²) in [5, 5.41) is 19.1. The van der Waals surface area contributed by atoms with Crippen molar-refractivity contribution in [2.45, 2.75) is 84.5 Å². The molecule has 0 radical (unpaired) electrons. The zero-order chi connectivity index (χ0) is 21.3. The molecule has 4 atom stereocenters. The second kappa shape index (κ2) is 12.0. The summed E-state index contributed by atoms with van der Waals surface area (Å²) in [6.45, 7) is 8.07. The summed E-state index contributed by atoms with van der Waals surface area (Å²) < 4.78 is 9.50. The largest absolute Gasteiger partial charge is 0.460 e. The molecular formula is C21H34O7. The lowest BCUT2D eigenvalue weighted by Gasteiger charge is -2.15. The fourth-order valence-electron chi connectivity index (χ4n) is 3.11. The van der Waals surface area contributed by atoms with Crippen LogP contribution in [0.15, 0.2) is 11.6 Å². The lowest BCUT2D eigenvalue weighted by atomic mass is 9.94. The van der Waals surface area contributed by atoms with Crippen LogP contribution in [0.3, 0.4) is 0 Å².